The van der Waals surface area contributed by atoms with Crippen LogP contribution in [-0.4, -0.2) is 170 Å². The molecule has 0 radical (unpaired) electrons. The Balaban J connectivity index is 1.59. The van der Waals surface area contributed by atoms with Gasteiger partial charge in [0.2, 0.25) is 24.0 Å². The molecule has 0 aromatic heterocycles. The van der Waals surface area contributed by atoms with Gasteiger partial charge >= 0.3 is 0 Å². The van der Waals surface area contributed by atoms with Crippen LogP contribution in [0.3, 0.4) is 0 Å². The minimum atomic E-state index is -1.82. The Kier molecular flexibility index (Phi) is 14.2. The van der Waals surface area contributed by atoms with E-state index in [2.05, 4.69) is 16.0 Å². The van der Waals surface area contributed by atoms with Crippen LogP contribution < -0.4 is 20.7 Å². The molecule has 0 saturated carbocycles. The Morgan fingerprint density at radius 2 is 1.04 bits per heavy atom. The second kappa shape index (κ2) is 17.9. The van der Waals surface area contributed by atoms with Gasteiger partial charge in [0.05, 0.1) is 24.7 Å². The van der Waals surface area contributed by atoms with Crippen molar-refractivity contribution in [1.82, 2.24) is 16.0 Å². The van der Waals surface area contributed by atoms with Gasteiger partial charge in [0.1, 0.15) is 78.8 Å². The largest absolute Gasteiger partial charge is 0.463 e. The predicted octanol–water partition coefficient (Wildman–Crippen LogP) is -5.15. The van der Waals surface area contributed by atoms with Crippen molar-refractivity contribution < 1.29 is 83.5 Å². The zero-order valence-corrected chi connectivity index (χ0v) is 28.2. The average molecular weight is 749 g/mol. The lowest BCUT2D eigenvalue weighted by molar-refractivity contribution is -0.384. The molecule has 15 atom stereocenters. The summed E-state index contributed by atoms with van der Waals surface area (Å²) in [6.45, 7) is 0.890. The maximum absolute atomic E-state index is 12.3. The topological polar surface area (TPSA) is 327 Å². The number of aliphatic hydroxyl groups excluding tert-OH is 7. The van der Waals surface area contributed by atoms with Crippen LogP contribution in [0.4, 0.5) is 5.69 Å². The third-order valence-corrected chi connectivity index (χ3v) is 8.58. The number of carbonyl (C=O) groups is 3. The summed E-state index contributed by atoms with van der Waals surface area (Å²) in [5.41, 5.74) is -0.237. The van der Waals surface area contributed by atoms with Gasteiger partial charge in [-0.1, -0.05) is 0 Å². The maximum atomic E-state index is 12.3. The molecular weight excluding hydrogens is 704 g/mol. The van der Waals surface area contributed by atoms with Crippen LogP contribution in [0.1, 0.15) is 20.8 Å². The number of rotatable bonds is 13. The number of amides is 3. The Labute approximate surface area is 295 Å². The summed E-state index contributed by atoms with van der Waals surface area (Å²) < 4.78 is 35.0. The Hall–Kier alpha value is -3.65. The summed E-state index contributed by atoms with van der Waals surface area (Å²) in [4.78, 5) is 46.8. The van der Waals surface area contributed by atoms with Crippen molar-refractivity contribution in [2.24, 2.45) is 0 Å². The minimum Gasteiger partial charge on any atom is -0.463 e. The number of nitro groups is 1. The fourth-order valence-corrected chi connectivity index (χ4v) is 6.14. The van der Waals surface area contributed by atoms with Crippen molar-refractivity contribution in [3.8, 4) is 5.75 Å². The second-order valence-corrected chi connectivity index (χ2v) is 12.4. The summed E-state index contributed by atoms with van der Waals surface area (Å²) in [7, 11) is 0. The van der Waals surface area contributed by atoms with Crippen LogP contribution in [0, 0.1) is 10.1 Å². The standard InChI is InChI=1S/C30H44N4O18/c1-11(38)31-19-23(42)22(41)16(8-35)48-29(19)51-27-18(10-37)50-30(21(25(27)44)33-13(3)40)52-26-17(9-36)49-28(20(24(26)43)32-12(2)39)47-15-6-4-14(5-7-15)34(45)46/h4-7,16-30,35-37,41-44H,8-10H2,1-3H3,(H,31,38)(H,32,39)(H,33,40)/t16-,17+,18+,19+,20-,21-,22+,23-,24+,25+,26-,27-,28+,29+,30-/m1/s1. The number of carbonyl (C=O) groups excluding carboxylic acids is 3. The number of ether oxygens (including phenoxy) is 6. The van der Waals surface area contributed by atoms with E-state index in [0.717, 1.165) is 32.9 Å². The monoisotopic (exact) mass is 748 g/mol. The summed E-state index contributed by atoms with van der Waals surface area (Å²) in [5, 5.41) is 92.7. The van der Waals surface area contributed by atoms with E-state index in [1.54, 1.807) is 0 Å². The molecule has 1 aromatic rings. The molecule has 22 nitrogen and oxygen atoms in total. The molecule has 0 spiro atoms. The van der Waals surface area contributed by atoms with Crippen molar-refractivity contribution in [2.75, 3.05) is 19.8 Å². The average Bonchev–Trinajstić information content (AvgIpc) is 3.09. The normalized spacial score (nSPS) is 37.8. The molecule has 0 aliphatic carbocycles. The molecule has 3 fully saturated rings. The summed E-state index contributed by atoms with van der Waals surface area (Å²) in [6.07, 6.45) is -19.3. The predicted molar refractivity (Wildman–Crippen MR) is 168 cm³/mol. The molecule has 52 heavy (non-hydrogen) atoms. The third kappa shape index (κ3) is 9.47. The van der Waals surface area contributed by atoms with E-state index in [-0.39, 0.29) is 11.4 Å². The van der Waals surface area contributed by atoms with Gasteiger partial charge < -0.3 is 80.1 Å². The van der Waals surface area contributed by atoms with Crippen LogP contribution in [0.5, 0.6) is 5.75 Å². The highest BCUT2D eigenvalue weighted by atomic mass is 16.7. The lowest BCUT2D eigenvalue weighted by atomic mass is 9.93. The smallest absolute Gasteiger partial charge is 0.269 e. The first-order valence-electron chi connectivity index (χ1n) is 16.1. The summed E-state index contributed by atoms with van der Waals surface area (Å²) in [6, 6.07) is 0.420. The van der Waals surface area contributed by atoms with E-state index in [4.69, 9.17) is 28.4 Å². The van der Waals surface area contributed by atoms with Crippen LogP contribution in [0.15, 0.2) is 24.3 Å². The highest BCUT2D eigenvalue weighted by molar-refractivity contribution is 5.74. The van der Waals surface area contributed by atoms with Crippen LogP contribution in [0.2, 0.25) is 0 Å². The lowest BCUT2D eigenvalue weighted by Gasteiger charge is -2.50. The molecule has 22 heteroatoms. The molecule has 3 heterocycles. The van der Waals surface area contributed by atoms with Gasteiger partial charge in [0, 0.05) is 32.9 Å². The van der Waals surface area contributed by atoms with Gasteiger partial charge in [-0.05, 0) is 12.1 Å². The van der Waals surface area contributed by atoms with Crippen molar-refractivity contribution in [1.29, 1.82) is 0 Å². The number of hydrogen-bond donors (Lipinski definition) is 10. The first kappa shape index (κ1) is 41.1. The molecule has 4 rings (SSSR count). The zero-order valence-electron chi connectivity index (χ0n) is 28.2. The van der Waals surface area contributed by atoms with Crippen molar-refractivity contribution >= 4 is 23.4 Å². The molecule has 3 saturated heterocycles. The quantitative estimate of drug-likeness (QED) is 0.0666. The van der Waals surface area contributed by atoms with E-state index in [9.17, 15) is 60.2 Å². The number of nitro benzene ring substituents is 1. The number of non-ortho nitro benzene ring substituents is 1. The highest BCUT2D eigenvalue weighted by Crippen LogP contribution is 2.33. The van der Waals surface area contributed by atoms with Crippen LogP contribution in [0.25, 0.3) is 0 Å². The second-order valence-electron chi connectivity index (χ2n) is 12.4. The molecule has 3 aliphatic heterocycles. The molecular formula is C30H44N4O18. The summed E-state index contributed by atoms with van der Waals surface area (Å²) in [5.74, 6) is -1.97. The highest BCUT2D eigenvalue weighted by Gasteiger charge is 2.55. The fourth-order valence-electron chi connectivity index (χ4n) is 6.14. The van der Waals surface area contributed by atoms with E-state index >= 15 is 0 Å². The van der Waals surface area contributed by atoms with E-state index in [1.165, 1.54) is 12.1 Å². The van der Waals surface area contributed by atoms with E-state index < -0.39 is 134 Å². The molecule has 3 aliphatic rings. The molecule has 0 bridgehead atoms. The number of benzene rings is 1. The number of nitrogens with one attached hydrogen (secondary N) is 3. The number of aliphatic hydroxyl groups is 7. The van der Waals surface area contributed by atoms with Gasteiger partial charge in [0.15, 0.2) is 12.6 Å². The lowest BCUT2D eigenvalue weighted by Crippen LogP contribution is -2.71. The SMILES string of the molecule is CC(=O)N[C@@H]1[C@H](O[C@H]2[C@@H](O)[C@@H](NC(C)=O)[C@@H](O[C@H]3[C@@H](O)[C@@H](NC(C)=O)[C@@H](Oc4ccc([N+](=O)[O-])cc4)O[C@H]3CO)O[C@H]2CO)O[C@H](CO)[C@H](O)[C@@H]1O. The van der Waals surface area contributed by atoms with Crippen molar-refractivity contribution in [3.05, 3.63) is 34.4 Å². The Bertz CT molecular complexity index is 1390. The summed E-state index contributed by atoms with van der Waals surface area (Å²) >= 11 is 0. The van der Waals surface area contributed by atoms with Crippen LogP contribution in [-0.2, 0) is 38.1 Å². The molecule has 10 N–H and O–H groups in total. The minimum absolute atomic E-state index is 0.0468. The van der Waals surface area contributed by atoms with Gasteiger partial charge in [0.25, 0.3) is 5.69 Å². The molecule has 3 amide bonds. The molecule has 292 valence electrons. The first-order chi connectivity index (χ1) is 24.6. The molecule has 1 aromatic carbocycles. The zero-order chi connectivity index (χ0) is 38.4. The van der Waals surface area contributed by atoms with Crippen molar-refractivity contribution in [3.63, 3.8) is 0 Å². The third-order valence-electron chi connectivity index (χ3n) is 8.58. The van der Waals surface area contributed by atoms with Gasteiger partial charge in [-0.25, -0.2) is 0 Å². The van der Waals surface area contributed by atoms with E-state index in [0.29, 0.717) is 0 Å². The van der Waals surface area contributed by atoms with Crippen molar-refractivity contribution in [2.45, 2.75) is 113 Å². The number of hydrogen-bond acceptors (Lipinski definition) is 18. The first-order valence-corrected chi connectivity index (χ1v) is 16.1. The molecule has 0 unspecified atom stereocenters. The Morgan fingerprint density at radius 3 is 1.44 bits per heavy atom. The van der Waals surface area contributed by atoms with Gasteiger partial charge in [-0.15, -0.1) is 0 Å². The fraction of sp³-hybridized carbons (Fsp3) is 0.700. The maximum Gasteiger partial charge on any atom is 0.269 e. The van der Waals surface area contributed by atoms with Gasteiger partial charge in [-0.3, -0.25) is 24.5 Å². The van der Waals surface area contributed by atoms with E-state index in [1.807, 2.05) is 0 Å². The number of nitrogens with zero attached hydrogens (tertiary/aromatic N) is 1. The van der Waals surface area contributed by atoms with Gasteiger partial charge in [-0.2, -0.15) is 0 Å². The van der Waals surface area contributed by atoms with Crippen LogP contribution >= 0.6 is 0 Å². The Morgan fingerprint density at radius 1 is 0.654 bits per heavy atom.